The van der Waals surface area contributed by atoms with E-state index in [0.717, 1.165) is 33.1 Å². The molecule has 1 atom stereocenters. The summed E-state index contributed by atoms with van der Waals surface area (Å²) in [6.07, 6.45) is 0. The van der Waals surface area contributed by atoms with Crippen LogP contribution in [0.25, 0.3) is 11.0 Å². The number of rotatable bonds is 3. The fourth-order valence-electron chi connectivity index (χ4n) is 2.33. The maximum absolute atomic E-state index is 6.24. The number of hydrogen-bond acceptors (Lipinski definition) is 3. The lowest BCUT2D eigenvalue weighted by atomic mass is 10.1. The van der Waals surface area contributed by atoms with Crippen LogP contribution in [-0.4, -0.2) is 9.97 Å². The Bertz CT molecular complexity index is 786. The minimum absolute atomic E-state index is 0.0628. The number of anilines is 1. The summed E-state index contributed by atoms with van der Waals surface area (Å²) in [5.41, 5.74) is 3.73. The SMILES string of the molecule is Cc1nc2ccccc2nc1NC(C)c1ccccc1Cl. The van der Waals surface area contributed by atoms with Gasteiger partial charge in [0.25, 0.3) is 0 Å². The monoisotopic (exact) mass is 297 g/mol. The lowest BCUT2D eigenvalue weighted by Gasteiger charge is -2.17. The van der Waals surface area contributed by atoms with Gasteiger partial charge in [0.15, 0.2) is 0 Å². The van der Waals surface area contributed by atoms with E-state index in [1.54, 1.807) is 0 Å². The van der Waals surface area contributed by atoms with Crippen LogP contribution in [0.15, 0.2) is 48.5 Å². The molecule has 0 fully saturated rings. The molecule has 3 nitrogen and oxygen atoms in total. The summed E-state index contributed by atoms with van der Waals surface area (Å²) in [4.78, 5) is 9.24. The van der Waals surface area contributed by atoms with Gasteiger partial charge in [0, 0.05) is 5.02 Å². The Labute approximate surface area is 129 Å². The van der Waals surface area contributed by atoms with Crippen LogP contribution in [0.3, 0.4) is 0 Å². The van der Waals surface area contributed by atoms with Gasteiger partial charge < -0.3 is 5.32 Å². The molecule has 0 saturated heterocycles. The number of fused-ring (bicyclic) bond motifs is 1. The van der Waals surface area contributed by atoms with Gasteiger partial charge in [0.1, 0.15) is 5.82 Å². The zero-order valence-electron chi connectivity index (χ0n) is 12.0. The summed E-state index contributed by atoms with van der Waals surface area (Å²) < 4.78 is 0. The number of aryl methyl sites for hydroxylation is 1. The fraction of sp³-hybridized carbons (Fsp3) is 0.176. The van der Waals surface area contributed by atoms with E-state index < -0.39 is 0 Å². The first kappa shape index (κ1) is 13.8. The van der Waals surface area contributed by atoms with Gasteiger partial charge in [-0.3, -0.25) is 0 Å². The van der Waals surface area contributed by atoms with Crippen molar-refractivity contribution in [1.29, 1.82) is 0 Å². The van der Waals surface area contributed by atoms with E-state index in [4.69, 9.17) is 11.6 Å². The number of aromatic nitrogens is 2. The molecule has 0 aliphatic rings. The number of halogens is 1. The van der Waals surface area contributed by atoms with Gasteiger partial charge in [-0.2, -0.15) is 0 Å². The van der Waals surface area contributed by atoms with Gasteiger partial charge in [-0.1, -0.05) is 41.9 Å². The van der Waals surface area contributed by atoms with Gasteiger partial charge in [-0.25, -0.2) is 9.97 Å². The first-order valence-corrected chi connectivity index (χ1v) is 7.27. The third kappa shape index (κ3) is 2.83. The van der Waals surface area contributed by atoms with Crippen molar-refractivity contribution in [2.45, 2.75) is 19.9 Å². The smallest absolute Gasteiger partial charge is 0.148 e. The second kappa shape index (κ2) is 5.70. The van der Waals surface area contributed by atoms with Crippen LogP contribution in [0.2, 0.25) is 5.02 Å². The predicted molar refractivity (Wildman–Crippen MR) is 87.8 cm³/mol. The number of para-hydroxylation sites is 2. The highest BCUT2D eigenvalue weighted by Gasteiger charge is 2.12. The molecule has 0 saturated carbocycles. The zero-order valence-corrected chi connectivity index (χ0v) is 12.7. The molecule has 0 aliphatic heterocycles. The van der Waals surface area contributed by atoms with E-state index in [9.17, 15) is 0 Å². The Hall–Kier alpha value is -2.13. The van der Waals surface area contributed by atoms with E-state index >= 15 is 0 Å². The number of nitrogens with zero attached hydrogens (tertiary/aromatic N) is 2. The molecule has 1 heterocycles. The average molecular weight is 298 g/mol. The molecular formula is C17H16ClN3. The van der Waals surface area contributed by atoms with Crippen molar-refractivity contribution in [2.24, 2.45) is 0 Å². The van der Waals surface area contributed by atoms with Crippen LogP contribution in [0.1, 0.15) is 24.2 Å². The van der Waals surface area contributed by atoms with Gasteiger partial charge in [0.2, 0.25) is 0 Å². The molecule has 0 aliphatic carbocycles. The minimum atomic E-state index is 0.0628. The number of nitrogens with one attached hydrogen (secondary N) is 1. The molecule has 0 bridgehead atoms. The molecule has 0 amide bonds. The maximum Gasteiger partial charge on any atom is 0.148 e. The summed E-state index contributed by atoms with van der Waals surface area (Å²) in [7, 11) is 0. The summed E-state index contributed by atoms with van der Waals surface area (Å²) in [5, 5.41) is 4.15. The van der Waals surface area contributed by atoms with Crippen molar-refractivity contribution in [3.8, 4) is 0 Å². The molecule has 3 rings (SSSR count). The van der Waals surface area contributed by atoms with E-state index in [-0.39, 0.29) is 6.04 Å². The first-order chi connectivity index (χ1) is 10.1. The fourth-order valence-corrected chi connectivity index (χ4v) is 2.63. The first-order valence-electron chi connectivity index (χ1n) is 6.89. The lowest BCUT2D eigenvalue weighted by molar-refractivity contribution is 0.870. The second-order valence-electron chi connectivity index (χ2n) is 5.03. The molecule has 1 N–H and O–H groups in total. The Balaban J connectivity index is 1.94. The standard InChI is InChI=1S/C17H16ClN3/c1-11(13-7-3-4-8-14(13)18)20-17-12(2)19-15-9-5-6-10-16(15)21-17/h3-11H,1-2H3,(H,20,21). The second-order valence-corrected chi connectivity index (χ2v) is 5.44. The molecule has 0 spiro atoms. The number of benzene rings is 2. The number of hydrogen-bond donors (Lipinski definition) is 1. The normalized spacial score (nSPS) is 12.3. The summed E-state index contributed by atoms with van der Waals surface area (Å²) in [5.74, 6) is 0.793. The van der Waals surface area contributed by atoms with E-state index in [1.165, 1.54) is 0 Å². The predicted octanol–water partition coefficient (Wildman–Crippen LogP) is 4.76. The van der Waals surface area contributed by atoms with Crippen molar-refractivity contribution in [3.63, 3.8) is 0 Å². The Kier molecular flexibility index (Phi) is 3.76. The topological polar surface area (TPSA) is 37.8 Å². The van der Waals surface area contributed by atoms with E-state index in [0.29, 0.717) is 0 Å². The highest BCUT2D eigenvalue weighted by molar-refractivity contribution is 6.31. The minimum Gasteiger partial charge on any atom is -0.362 e. The van der Waals surface area contributed by atoms with E-state index in [2.05, 4.69) is 22.2 Å². The Morgan fingerprint density at radius 3 is 2.29 bits per heavy atom. The highest BCUT2D eigenvalue weighted by Crippen LogP contribution is 2.26. The van der Waals surface area contributed by atoms with Crippen LogP contribution < -0.4 is 5.32 Å². The molecule has 1 aromatic heterocycles. The van der Waals surface area contributed by atoms with Gasteiger partial charge in [-0.15, -0.1) is 0 Å². The van der Waals surface area contributed by atoms with Gasteiger partial charge in [0.05, 0.1) is 22.8 Å². The molecule has 3 aromatic rings. The molecular weight excluding hydrogens is 282 g/mol. The highest BCUT2D eigenvalue weighted by atomic mass is 35.5. The van der Waals surface area contributed by atoms with Crippen molar-refractivity contribution in [2.75, 3.05) is 5.32 Å². The van der Waals surface area contributed by atoms with Gasteiger partial charge >= 0.3 is 0 Å². The summed E-state index contributed by atoms with van der Waals surface area (Å²) >= 11 is 6.24. The molecule has 1 unspecified atom stereocenters. The average Bonchev–Trinajstić information content (AvgIpc) is 2.48. The van der Waals surface area contributed by atoms with Crippen molar-refractivity contribution >= 4 is 28.5 Å². The lowest BCUT2D eigenvalue weighted by Crippen LogP contribution is -2.10. The van der Waals surface area contributed by atoms with Gasteiger partial charge in [-0.05, 0) is 37.6 Å². The molecule has 4 heteroatoms. The molecule has 21 heavy (non-hydrogen) atoms. The van der Waals surface area contributed by atoms with Crippen LogP contribution in [0.5, 0.6) is 0 Å². The molecule has 0 radical (unpaired) electrons. The van der Waals surface area contributed by atoms with Crippen LogP contribution in [0.4, 0.5) is 5.82 Å². The Morgan fingerprint density at radius 1 is 0.952 bits per heavy atom. The van der Waals surface area contributed by atoms with Crippen LogP contribution in [0, 0.1) is 6.92 Å². The maximum atomic E-state index is 6.24. The third-order valence-electron chi connectivity index (χ3n) is 3.47. The molecule has 106 valence electrons. The van der Waals surface area contributed by atoms with Crippen molar-refractivity contribution in [1.82, 2.24) is 9.97 Å². The van der Waals surface area contributed by atoms with Crippen molar-refractivity contribution < 1.29 is 0 Å². The largest absolute Gasteiger partial charge is 0.362 e. The summed E-state index contributed by atoms with van der Waals surface area (Å²) in [6.45, 7) is 4.03. The Morgan fingerprint density at radius 2 is 1.57 bits per heavy atom. The zero-order chi connectivity index (χ0) is 14.8. The third-order valence-corrected chi connectivity index (χ3v) is 3.81. The van der Waals surface area contributed by atoms with Crippen LogP contribution in [-0.2, 0) is 0 Å². The van der Waals surface area contributed by atoms with Crippen LogP contribution >= 0.6 is 11.6 Å². The van der Waals surface area contributed by atoms with E-state index in [1.807, 2.05) is 55.5 Å². The quantitative estimate of drug-likeness (QED) is 0.757. The molecule has 2 aromatic carbocycles. The summed E-state index contributed by atoms with van der Waals surface area (Å²) in [6, 6.07) is 15.8. The van der Waals surface area contributed by atoms with Crippen molar-refractivity contribution in [3.05, 3.63) is 64.8 Å².